The fourth-order valence-corrected chi connectivity index (χ4v) is 0.787. The van der Waals surface area contributed by atoms with Gasteiger partial charge < -0.3 is 24.8 Å². The zero-order valence-electron chi connectivity index (χ0n) is 8.08. The van der Waals surface area contributed by atoms with Gasteiger partial charge in [0.1, 0.15) is 11.5 Å². The minimum Gasteiger partial charge on any atom is -0.543 e. The second kappa shape index (κ2) is 6.60. The van der Waals surface area contributed by atoms with Crippen LogP contribution in [0.4, 0.5) is 0 Å². The molecule has 0 aliphatic heterocycles. The third kappa shape index (κ3) is 3.72. The van der Waals surface area contributed by atoms with E-state index in [1.165, 1.54) is 6.92 Å². The van der Waals surface area contributed by atoms with E-state index in [1.807, 2.05) is 0 Å². The van der Waals surface area contributed by atoms with Crippen molar-refractivity contribution in [1.29, 1.82) is 0 Å². The third-order valence-electron chi connectivity index (χ3n) is 1.22. The zero-order chi connectivity index (χ0) is 9.30. The summed E-state index contributed by atoms with van der Waals surface area (Å²) in [4.78, 5) is 26.1. The first-order valence-corrected chi connectivity index (χ1v) is 3.01. The number of carbonyl (C=O) groups is 2. The number of nitrogens with one attached hydrogen (secondary N) is 1. The van der Waals surface area contributed by atoms with Crippen LogP contribution in [0.3, 0.4) is 0 Å². The summed E-state index contributed by atoms with van der Waals surface area (Å²) >= 11 is 0. The van der Waals surface area contributed by atoms with Gasteiger partial charge in [-0.05, 0) is 6.92 Å². The number of rotatable bonds is 2. The Morgan fingerprint density at radius 3 is 2.00 bits per heavy atom. The number of aryl methyl sites for hydroxylation is 1. The summed E-state index contributed by atoms with van der Waals surface area (Å²) in [6.07, 6.45) is 0. The predicted octanol–water partition coefficient (Wildman–Crippen LogP) is -8.55. The van der Waals surface area contributed by atoms with Crippen LogP contribution < -0.4 is 69.3 Å². The number of carbonyl (C=O) groups excluding carboxylic acids is 2. The van der Waals surface area contributed by atoms with Crippen molar-refractivity contribution in [1.82, 2.24) is 9.97 Å². The molecule has 0 amide bonds. The average Bonchev–Trinajstić information content (AvgIpc) is 2.31. The third-order valence-corrected chi connectivity index (χ3v) is 1.22. The maximum atomic E-state index is 10.3. The van der Waals surface area contributed by atoms with E-state index in [-0.39, 0.29) is 64.9 Å². The Labute approximate surface area is 124 Å². The molecule has 0 bridgehead atoms. The molecule has 1 rings (SSSR count). The molecule has 0 fully saturated rings. The Kier molecular flexibility index (Phi) is 7.81. The molecule has 0 atom stereocenters. The quantitative estimate of drug-likeness (QED) is 0.491. The molecule has 64 valence electrons. The second-order valence-electron chi connectivity index (χ2n) is 2.12. The molecule has 1 heterocycles. The second-order valence-corrected chi connectivity index (χ2v) is 2.12. The van der Waals surface area contributed by atoms with Crippen LogP contribution in [-0.2, 0) is 0 Å². The number of carboxylic acid groups (broad SMARTS) is 2. The summed E-state index contributed by atoms with van der Waals surface area (Å²) in [6.45, 7) is 1.43. The van der Waals surface area contributed by atoms with E-state index in [0.717, 1.165) is 0 Å². The van der Waals surface area contributed by atoms with Gasteiger partial charge in [-0.1, -0.05) is 0 Å². The Hall–Kier alpha value is 0.150. The van der Waals surface area contributed by atoms with E-state index in [4.69, 9.17) is 0 Å². The molecule has 0 saturated carbocycles. The predicted molar refractivity (Wildman–Crippen MR) is 32.0 cm³/mol. The van der Waals surface area contributed by atoms with Crippen molar-refractivity contribution < 1.29 is 78.9 Å². The van der Waals surface area contributed by atoms with E-state index in [9.17, 15) is 19.8 Å². The normalized spacial score (nSPS) is 8.36. The van der Waals surface area contributed by atoms with Crippen LogP contribution in [0.5, 0.6) is 0 Å². The van der Waals surface area contributed by atoms with Crippen LogP contribution in [0.1, 0.15) is 26.8 Å². The van der Waals surface area contributed by atoms with Gasteiger partial charge in [-0.25, -0.2) is 4.98 Å². The molecule has 0 radical (unpaired) electrons. The maximum Gasteiger partial charge on any atom is 1.00 e. The minimum atomic E-state index is -1.64. The van der Waals surface area contributed by atoms with Crippen molar-refractivity contribution in [3.05, 3.63) is 17.2 Å². The summed E-state index contributed by atoms with van der Waals surface area (Å²) in [6, 6.07) is 0. The van der Waals surface area contributed by atoms with Gasteiger partial charge in [0.2, 0.25) is 0 Å². The smallest absolute Gasteiger partial charge is 0.543 e. The van der Waals surface area contributed by atoms with E-state index in [0.29, 0.717) is 0 Å². The molecule has 0 spiro atoms. The van der Waals surface area contributed by atoms with Crippen LogP contribution >= 0.6 is 0 Å². The van der Waals surface area contributed by atoms with Crippen LogP contribution in [0.25, 0.3) is 0 Å². The van der Waals surface area contributed by atoms with Crippen LogP contribution in [0.15, 0.2) is 0 Å². The maximum absolute atomic E-state index is 10.3. The van der Waals surface area contributed by atoms with Gasteiger partial charge in [0.05, 0.1) is 17.6 Å². The molecule has 1 aromatic rings. The number of hydrogen-bond acceptors (Lipinski definition) is 5. The number of aromatic amines is 1. The monoisotopic (exact) mass is 214 g/mol. The molecule has 1 aromatic heterocycles. The Morgan fingerprint density at radius 1 is 1.21 bits per heavy atom. The molecular formula is C6H4N2Na2O4. The Morgan fingerprint density at radius 2 is 1.71 bits per heavy atom. The Bertz CT molecular complexity index is 318. The summed E-state index contributed by atoms with van der Waals surface area (Å²) in [5.74, 6) is -3.07. The average molecular weight is 214 g/mol. The van der Waals surface area contributed by atoms with Crippen molar-refractivity contribution in [2.45, 2.75) is 6.92 Å². The van der Waals surface area contributed by atoms with Crippen LogP contribution in [0, 0.1) is 6.92 Å². The van der Waals surface area contributed by atoms with E-state index >= 15 is 0 Å². The first-order chi connectivity index (χ1) is 5.52. The van der Waals surface area contributed by atoms with Gasteiger partial charge >= 0.3 is 59.1 Å². The SMILES string of the molecule is Cc1nc(C(=O)[O-])c(C(=O)[O-])[nH]1.[Na+].[Na+]. The molecule has 6 nitrogen and oxygen atoms in total. The van der Waals surface area contributed by atoms with Gasteiger partial charge in [0.25, 0.3) is 0 Å². The molecule has 0 aromatic carbocycles. The van der Waals surface area contributed by atoms with Crippen molar-refractivity contribution >= 4 is 11.9 Å². The molecule has 0 aliphatic carbocycles. The van der Waals surface area contributed by atoms with Gasteiger partial charge in [0.15, 0.2) is 0 Å². The van der Waals surface area contributed by atoms with Crippen molar-refractivity contribution in [2.75, 3.05) is 0 Å². The summed E-state index contributed by atoms with van der Waals surface area (Å²) in [5.41, 5.74) is -1.19. The summed E-state index contributed by atoms with van der Waals surface area (Å²) < 4.78 is 0. The number of hydrogen-bond donors (Lipinski definition) is 1. The summed E-state index contributed by atoms with van der Waals surface area (Å²) in [7, 11) is 0. The minimum absolute atomic E-state index is 0. The number of carboxylic acids is 2. The van der Waals surface area contributed by atoms with Crippen molar-refractivity contribution in [2.24, 2.45) is 0 Å². The molecule has 8 heteroatoms. The van der Waals surface area contributed by atoms with Gasteiger partial charge in [-0.2, -0.15) is 0 Å². The largest absolute Gasteiger partial charge is 1.00 e. The molecule has 1 N–H and O–H groups in total. The molecule has 14 heavy (non-hydrogen) atoms. The number of imidazole rings is 1. The Balaban J connectivity index is 0. The van der Waals surface area contributed by atoms with E-state index < -0.39 is 23.3 Å². The summed E-state index contributed by atoms with van der Waals surface area (Å²) in [5, 5.41) is 20.5. The van der Waals surface area contributed by atoms with Gasteiger partial charge in [0, 0.05) is 0 Å². The molecule has 0 aliphatic rings. The van der Waals surface area contributed by atoms with E-state index in [2.05, 4.69) is 9.97 Å². The molecular weight excluding hydrogens is 210 g/mol. The van der Waals surface area contributed by atoms with E-state index in [1.54, 1.807) is 0 Å². The number of aromatic nitrogens is 2. The van der Waals surface area contributed by atoms with Crippen molar-refractivity contribution in [3.63, 3.8) is 0 Å². The van der Waals surface area contributed by atoms with Crippen molar-refractivity contribution in [3.8, 4) is 0 Å². The first-order valence-electron chi connectivity index (χ1n) is 3.01. The topological polar surface area (TPSA) is 109 Å². The zero-order valence-corrected chi connectivity index (χ0v) is 12.1. The van der Waals surface area contributed by atoms with Crippen LogP contribution in [-0.4, -0.2) is 21.9 Å². The van der Waals surface area contributed by atoms with Gasteiger partial charge in [-0.3, -0.25) is 0 Å². The molecule has 0 saturated heterocycles. The fraction of sp³-hybridized carbons (Fsp3) is 0.167. The van der Waals surface area contributed by atoms with Gasteiger partial charge in [-0.15, -0.1) is 0 Å². The fourth-order valence-electron chi connectivity index (χ4n) is 0.787. The number of H-pyrrole nitrogens is 1. The number of nitrogens with zero attached hydrogens (tertiary/aromatic N) is 1. The number of aromatic carboxylic acids is 2. The van der Waals surface area contributed by atoms with Crippen LogP contribution in [0.2, 0.25) is 0 Å². The first kappa shape index (κ1) is 16.6. The standard InChI is InChI=1S/C6H6N2O4.2Na/c1-2-7-3(5(9)10)4(8-2)6(11)12;;/h1H3,(H,7,8)(H,9,10)(H,11,12);;/q;2*+1/p-2. The molecule has 0 unspecified atom stereocenters.